The van der Waals surface area contributed by atoms with Gasteiger partial charge >= 0.3 is 6.36 Å². The quantitative estimate of drug-likeness (QED) is 0.272. The van der Waals surface area contributed by atoms with E-state index in [1.807, 2.05) is 65.0 Å². The van der Waals surface area contributed by atoms with Gasteiger partial charge in [0.05, 0.1) is 10.7 Å². The number of hydrogen-bond donors (Lipinski definition) is 1. The highest BCUT2D eigenvalue weighted by Gasteiger charge is 2.32. The van der Waals surface area contributed by atoms with Crippen LogP contribution in [0.3, 0.4) is 0 Å². The van der Waals surface area contributed by atoms with Crippen LogP contribution in [0.2, 0.25) is 5.02 Å². The minimum Gasteiger partial charge on any atom is -0.455 e. The molecule has 192 valence electrons. The molecule has 0 saturated heterocycles. The third-order valence-corrected chi connectivity index (χ3v) is 4.91. The van der Waals surface area contributed by atoms with Crippen LogP contribution in [0, 0.1) is 0 Å². The van der Waals surface area contributed by atoms with Gasteiger partial charge < -0.3 is 14.5 Å². The summed E-state index contributed by atoms with van der Waals surface area (Å²) in [6, 6.07) is 10.9. The maximum atomic E-state index is 12.7. The number of hydrogen-bond acceptors (Lipinski definition) is 3. The minimum atomic E-state index is -4.85. The Balaban J connectivity index is 0.00000298. The van der Waals surface area contributed by atoms with Crippen molar-refractivity contribution in [3.8, 4) is 0 Å². The second-order valence-corrected chi connectivity index (χ2v) is 8.47. The molecular weight excluding hydrogens is 498 g/mol. The Kier molecular flexibility index (Phi) is 12.3. The van der Waals surface area contributed by atoms with E-state index in [1.165, 1.54) is 13.0 Å². The Hall–Kier alpha value is -2.57. The molecule has 0 aliphatic rings. The topological polar surface area (TPSA) is 34.4 Å². The Labute approximate surface area is 216 Å². The minimum absolute atomic E-state index is 0.122. The Morgan fingerprint density at radius 2 is 1.57 bits per heavy atom. The molecule has 0 saturated carbocycles. The highest BCUT2D eigenvalue weighted by atomic mass is 35.5. The molecule has 1 aromatic carbocycles. The zero-order chi connectivity index (χ0) is 26.8. The normalized spacial score (nSPS) is 12.9. The molecule has 35 heavy (non-hydrogen) atoms. The van der Waals surface area contributed by atoms with Crippen LogP contribution in [0.4, 0.5) is 13.2 Å². The first-order valence-electron chi connectivity index (χ1n) is 11.2. The second-order valence-electron chi connectivity index (χ2n) is 7.47. The lowest BCUT2D eigenvalue weighted by Gasteiger charge is -2.16. The summed E-state index contributed by atoms with van der Waals surface area (Å²) in [5.74, 6) is 0.439. The molecule has 2 rings (SSSR count). The van der Waals surface area contributed by atoms with Crippen molar-refractivity contribution in [3.63, 3.8) is 0 Å². The van der Waals surface area contributed by atoms with Crippen molar-refractivity contribution in [2.24, 2.45) is 0 Å². The lowest BCUT2D eigenvalue weighted by Crippen LogP contribution is -2.12. The van der Waals surface area contributed by atoms with Crippen LogP contribution >= 0.6 is 23.2 Å². The summed E-state index contributed by atoms with van der Waals surface area (Å²) in [5, 5.41) is 3.95. The standard InChI is InChI=1S/C25H26Cl2F3NO2.C2H6/c1-6-7-20(31-24(15(2)3)18-8-10-19(27)11-9-18)22-13-12-21(32-22)16(4)14-23(17(5)26)33-25(28,29)30;1-2/h7-14,31H,6H2,1-5H3;1-2H3/b16-14+,20-7+,23-17-;. The van der Waals surface area contributed by atoms with E-state index in [9.17, 15) is 13.2 Å². The third-order valence-electron chi connectivity index (χ3n) is 4.47. The molecule has 0 amide bonds. The molecule has 3 nitrogen and oxygen atoms in total. The van der Waals surface area contributed by atoms with Crippen LogP contribution in [0.15, 0.2) is 69.3 Å². The molecule has 0 fully saturated rings. The van der Waals surface area contributed by atoms with E-state index in [0.717, 1.165) is 29.0 Å². The van der Waals surface area contributed by atoms with Gasteiger partial charge in [-0.15, -0.1) is 13.2 Å². The average molecular weight is 530 g/mol. The van der Waals surface area contributed by atoms with E-state index < -0.39 is 12.1 Å². The van der Waals surface area contributed by atoms with E-state index in [0.29, 0.717) is 22.1 Å². The van der Waals surface area contributed by atoms with Gasteiger partial charge in [0, 0.05) is 10.7 Å². The van der Waals surface area contributed by atoms with Crippen LogP contribution in [0.25, 0.3) is 17.0 Å². The maximum absolute atomic E-state index is 12.7. The first-order valence-corrected chi connectivity index (χ1v) is 12.0. The highest BCUT2D eigenvalue weighted by Crippen LogP contribution is 2.30. The summed E-state index contributed by atoms with van der Waals surface area (Å²) in [7, 11) is 0. The van der Waals surface area contributed by atoms with Crippen LogP contribution in [0.1, 0.15) is 72.0 Å². The van der Waals surface area contributed by atoms with Crippen molar-refractivity contribution in [3.05, 3.63) is 87.0 Å². The number of furan rings is 1. The first kappa shape index (κ1) is 30.5. The second kappa shape index (κ2) is 14.1. The zero-order valence-electron chi connectivity index (χ0n) is 21.0. The van der Waals surface area contributed by atoms with Gasteiger partial charge in [0.1, 0.15) is 11.5 Å². The molecule has 0 aliphatic heterocycles. The molecule has 0 spiro atoms. The number of allylic oxidation sites excluding steroid dienone is 5. The molecule has 8 heteroatoms. The number of rotatable bonds is 8. The van der Waals surface area contributed by atoms with E-state index in [4.69, 9.17) is 27.6 Å². The van der Waals surface area contributed by atoms with Gasteiger partial charge in [-0.2, -0.15) is 0 Å². The van der Waals surface area contributed by atoms with E-state index in [2.05, 4.69) is 10.1 Å². The number of nitrogens with one attached hydrogen (secondary N) is 1. The zero-order valence-corrected chi connectivity index (χ0v) is 22.5. The van der Waals surface area contributed by atoms with Crippen molar-refractivity contribution in [1.29, 1.82) is 0 Å². The molecule has 0 atom stereocenters. The number of ether oxygens (including phenoxy) is 1. The van der Waals surface area contributed by atoms with Crippen molar-refractivity contribution in [2.75, 3.05) is 0 Å². The smallest absolute Gasteiger partial charge is 0.455 e. The molecule has 1 heterocycles. The predicted octanol–water partition coefficient (Wildman–Crippen LogP) is 10.2. The number of halogens is 5. The molecule has 0 bridgehead atoms. The largest absolute Gasteiger partial charge is 0.573 e. The van der Waals surface area contributed by atoms with Crippen molar-refractivity contribution >= 4 is 40.2 Å². The molecular formula is C27H32Cl2F3NO2. The van der Waals surface area contributed by atoms with E-state index in [-0.39, 0.29) is 5.03 Å². The molecule has 1 N–H and O–H groups in total. The Bertz CT molecular complexity index is 1080. The van der Waals surface area contributed by atoms with Gasteiger partial charge in [0.15, 0.2) is 5.76 Å². The summed E-state index contributed by atoms with van der Waals surface area (Å²) in [6.07, 6.45) is -0.937. The Morgan fingerprint density at radius 3 is 2.06 bits per heavy atom. The number of benzene rings is 1. The van der Waals surface area contributed by atoms with Crippen LogP contribution in [-0.4, -0.2) is 6.36 Å². The predicted molar refractivity (Wildman–Crippen MR) is 141 cm³/mol. The maximum Gasteiger partial charge on any atom is 0.573 e. The van der Waals surface area contributed by atoms with Crippen LogP contribution in [-0.2, 0) is 4.74 Å². The first-order chi connectivity index (χ1) is 16.4. The third kappa shape index (κ3) is 9.90. The lowest BCUT2D eigenvalue weighted by molar-refractivity contribution is -0.303. The summed E-state index contributed by atoms with van der Waals surface area (Å²) in [5.41, 5.74) is 4.08. The lowest BCUT2D eigenvalue weighted by atomic mass is 10.1. The summed E-state index contributed by atoms with van der Waals surface area (Å²) >= 11 is 11.8. The van der Waals surface area contributed by atoms with Crippen molar-refractivity contribution in [2.45, 2.75) is 61.2 Å². The number of alkyl halides is 3. The fourth-order valence-electron chi connectivity index (χ4n) is 2.94. The SMILES string of the molecule is CC.CC/C=C(/NC(=C(C)C)c1ccc(Cl)cc1)c1ccc(/C(C)=C/C(OC(F)(F)F)=C(\C)Cl)o1. The van der Waals surface area contributed by atoms with Gasteiger partial charge in [-0.1, -0.05) is 67.8 Å². The fraction of sp³-hybridized carbons (Fsp3) is 0.333. The molecule has 0 unspecified atom stereocenters. The summed E-state index contributed by atoms with van der Waals surface area (Å²) < 4.78 is 48.0. The van der Waals surface area contributed by atoms with Crippen molar-refractivity contribution in [1.82, 2.24) is 5.32 Å². The van der Waals surface area contributed by atoms with Gasteiger partial charge in [0.25, 0.3) is 0 Å². The van der Waals surface area contributed by atoms with Crippen LogP contribution < -0.4 is 5.32 Å². The summed E-state index contributed by atoms with van der Waals surface area (Å²) in [4.78, 5) is 0. The monoisotopic (exact) mass is 529 g/mol. The van der Waals surface area contributed by atoms with E-state index >= 15 is 0 Å². The average Bonchev–Trinajstić information content (AvgIpc) is 3.27. The van der Waals surface area contributed by atoms with Gasteiger partial charge in [-0.05, 0) is 75.6 Å². The Morgan fingerprint density at radius 1 is 1.00 bits per heavy atom. The molecule has 0 aliphatic carbocycles. The highest BCUT2D eigenvalue weighted by molar-refractivity contribution is 6.30. The van der Waals surface area contributed by atoms with E-state index in [1.54, 1.807) is 19.1 Å². The van der Waals surface area contributed by atoms with Gasteiger partial charge in [-0.3, -0.25) is 0 Å². The fourth-order valence-corrected chi connectivity index (χ4v) is 3.16. The molecule has 0 radical (unpaired) electrons. The van der Waals surface area contributed by atoms with Crippen LogP contribution in [0.5, 0.6) is 0 Å². The van der Waals surface area contributed by atoms with Gasteiger partial charge in [0.2, 0.25) is 0 Å². The van der Waals surface area contributed by atoms with Crippen molar-refractivity contribution < 1.29 is 22.3 Å². The molecule has 1 aromatic heterocycles. The van der Waals surface area contributed by atoms with Gasteiger partial charge in [-0.25, -0.2) is 0 Å². The summed E-state index contributed by atoms with van der Waals surface area (Å²) in [6.45, 7) is 12.9. The molecule has 2 aromatic rings.